The third kappa shape index (κ3) is 2.02. The number of phenols is 1. The molecular weight excluding hydrogens is 226 g/mol. The number of morpholine rings is 1. The lowest BCUT2D eigenvalue weighted by atomic mass is 9.84. The van der Waals surface area contributed by atoms with Crippen LogP contribution in [0.2, 0.25) is 0 Å². The van der Waals surface area contributed by atoms with E-state index in [1.165, 1.54) is 4.90 Å². The molecule has 98 valence electrons. The zero-order valence-corrected chi connectivity index (χ0v) is 10.0. The fourth-order valence-electron chi connectivity index (χ4n) is 2.91. The number of aromatic hydroxyl groups is 1. The number of hydrogen-bond acceptors (Lipinski definition) is 3. The van der Waals surface area contributed by atoms with Crippen LogP contribution < -0.4 is 0 Å². The first-order valence-corrected chi connectivity index (χ1v) is 6.17. The van der Waals surface area contributed by atoms with Gasteiger partial charge in [0.25, 0.3) is 0 Å². The zero-order chi connectivity index (χ0) is 18.6. The van der Waals surface area contributed by atoms with Gasteiger partial charge in [0.15, 0.2) is 0 Å². The summed E-state index contributed by atoms with van der Waals surface area (Å²) in [6, 6.07) is 4.49. The molecule has 1 aliphatic heterocycles. The molecule has 0 saturated carbocycles. The van der Waals surface area contributed by atoms with Crippen molar-refractivity contribution in [3.63, 3.8) is 0 Å². The Kier molecular flexibility index (Phi) is 1.74. The highest BCUT2D eigenvalue weighted by molar-refractivity contribution is 5.39. The van der Waals surface area contributed by atoms with Gasteiger partial charge in [0.05, 0.1) is 12.7 Å². The first kappa shape index (κ1) is 6.40. The fraction of sp³-hybridized carbons (Fsp3) is 0.600. The van der Waals surface area contributed by atoms with E-state index in [0.717, 1.165) is 11.1 Å². The highest BCUT2D eigenvalue weighted by atomic mass is 16.5. The highest BCUT2D eigenvalue weighted by Gasteiger charge is 2.36. The summed E-state index contributed by atoms with van der Waals surface area (Å²) >= 11 is 0. The number of aryl methyl sites for hydroxylation is 1. The Bertz CT molecular complexity index is 662. The van der Waals surface area contributed by atoms with Gasteiger partial charge in [-0.1, -0.05) is 12.9 Å². The van der Waals surface area contributed by atoms with E-state index in [2.05, 4.69) is 0 Å². The first-order chi connectivity index (χ1) is 11.5. The Balaban J connectivity index is 1.97. The second kappa shape index (κ2) is 4.90. The Morgan fingerprint density at radius 1 is 1.61 bits per heavy atom. The Hall–Kier alpha value is -1.06. The second-order valence-corrected chi connectivity index (χ2v) is 4.71. The Morgan fingerprint density at radius 2 is 2.56 bits per heavy atom. The maximum absolute atomic E-state index is 9.76. The summed E-state index contributed by atoms with van der Waals surface area (Å²) in [6.07, 6.45) is -2.39. The summed E-state index contributed by atoms with van der Waals surface area (Å²) in [6.45, 7) is -5.50. The van der Waals surface area contributed by atoms with Crippen LogP contribution in [0.5, 0.6) is 5.75 Å². The largest absolute Gasteiger partial charge is 0.508 e. The number of ether oxygens (including phenoxy) is 1. The van der Waals surface area contributed by atoms with Crippen molar-refractivity contribution in [3.05, 3.63) is 29.3 Å². The number of rotatable bonds is 2. The number of hydrogen-bond donors (Lipinski definition) is 1. The molecule has 0 amide bonds. The third-order valence-corrected chi connectivity index (χ3v) is 3.72. The monoisotopic (exact) mass is 254 g/mol. The van der Waals surface area contributed by atoms with Gasteiger partial charge in [0, 0.05) is 22.2 Å². The molecule has 2 atom stereocenters. The van der Waals surface area contributed by atoms with Crippen molar-refractivity contribution in [1.82, 2.24) is 4.90 Å². The van der Waals surface area contributed by atoms with Gasteiger partial charge in [-0.2, -0.15) is 0 Å². The van der Waals surface area contributed by atoms with Crippen molar-refractivity contribution in [1.29, 1.82) is 0 Å². The lowest BCUT2D eigenvalue weighted by Crippen LogP contribution is -2.49. The summed E-state index contributed by atoms with van der Waals surface area (Å²) < 4.78 is 60.4. The molecule has 0 radical (unpaired) electrons. The second-order valence-electron chi connectivity index (χ2n) is 4.71. The summed E-state index contributed by atoms with van der Waals surface area (Å²) in [5.41, 5.74) is 1.76. The molecule has 0 bridgehead atoms. The minimum atomic E-state index is -3.09. The van der Waals surface area contributed by atoms with Gasteiger partial charge < -0.3 is 9.84 Å². The highest BCUT2D eigenvalue weighted by Crippen LogP contribution is 2.39. The Morgan fingerprint density at radius 3 is 3.44 bits per heavy atom. The maximum Gasteiger partial charge on any atom is 0.115 e. The predicted molar refractivity (Wildman–Crippen MR) is 70.8 cm³/mol. The van der Waals surface area contributed by atoms with Crippen LogP contribution in [-0.4, -0.2) is 35.7 Å². The van der Waals surface area contributed by atoms with Crippen molar-refractivity contribution in [2.45, 2.75) is 38.2 Å². The normalized spacial score (nSPS) is 35.7. The maximum atomic E-state index is 9.76. The molecule has 1 aromatic rings. The molecule has 1 aromatic carbocycles. The molecule has 0 spiro atoms. The standard InChI is InChI=1S/C15H21NO2/c1-2-7-16-8-9-18-15-13-10-12(17)5-3-11(13)4-6-14(15)16/h3,5,10,14-15,17H,2,4,6-9H2,1H3/t14-,15-/m1/s1/i1D3,2D2,7D2. The number of nitrogens with zero attached hydrogens (tertiary/aromatic N) is 1. The minimum absolute atomic E-state index is 0.0842. The minimum Gasteiger partial charge on any atom is -0.508 e. The zero-order valence-electron chi connectivity index (χ0n) is 17.0. The summed E-state index contributed by atoms with van der Waals surface area (Å²) in [5.74, 6) is 0.0842. The van der Waals surface area contributed by atoms with Crippen LogP contribution in [0.3, 0.4) is 0 Å². The average molecular weight is 254 g/mol. The van der Waals surface area contributed by atoms with Crippen molar-refractivity contribution in [3.8, 4) is 5.75 Å². The first-order valence-electron chi connectivity index (χ1n) is 9.67. The van der Waals surface area contributed by atoms with E-state index in [-0.39, 0.29) is 18.9 Å². The molecule has 0 aromatic heterocycles. The fourth-order valence-corrected chi connectivity index (χ4v) is 2.91. The van der Waals surface area contributed by atoms with Gasteiger partial charge in [-0.25, -0.2) is 0 Å². The van der Waals surface area contributed by atoms with Crippen LogP contribution >= 0.6 is 0 Å². The van der Waals surface area contributed by atoms with E-state index < -0.39 is 31.9 Å². The van der Waals surface area contributed by atoms with Crippen molar-refractivity contribution < 1.29 is 19.4 Å². The smallest absolute Gasteiger partial charge is 0.115 e. The molecular formula is C15H21NO2. The quantitative estimate of drug-likeness (QED) is 0.880. The molecule has 0 unspecified atom stereocenters. The van der Waals surface area contributed by atoms with Gasteiger partial charge in [-0.05, 0) is 49.0 Å². The SMILES string of the molecule is [2H]C([2H])([2H])C([2H])([2H])C([2H])([2H])N1CCO[C@@H]2c3cc(O)ccc3CC[C@H]21. The van der Waals surface area contributed by atoms with E-state index in [4.69, 9.17) is 14.3 Å². The van der Waals surface area contributed by atoms with Crippen LogP contribution in [0.15, 0.2) is 18.2 Å². The van der Waals surface area contributed by atoms with Crippen LogP contribution in [0.4, 0.5) is 0 Å². The van der Waals surface area contributed by atoms with E-state index >= 15 is 0 Å². The molecule has 18 heavy (non-hydrogen) atoms. The molecule has 2 aliphatic rings. The van der Waals surface area contributed by atoms with Crippen LogP contribution in [0.1, 0.15) is 46.5 Å². The summed E-state index contributed by atoms with van der Waals surface area (Å²) in [4.78, 5) is 1.29. The number of benzene rings is 1. The van der Waals surface area contributed by atoms with E-state index in [1.54, 1.807) is 18.2 Å². The lowest BCUT2D eigenvalue weighted by Gasteiger charge is -2.44. The average Bonchev–Trinajstić information content (AvgIpc) is 2.52. The topological polar surface area (TPSA) is 32.7 Å². The molecule has 1 aliphatic carbocycles. The molecule has 1 N–H and O–H groups in total. The molecule has 3 nitrogen and oxygen atoms in total. The van der Waals surface area contributed by atoms with Gasteiger partial charge >= 0.3 is 0 Å². The predicted octanol–water partition coefficient (Wildman–Crippen LogP) is 2.49. The summed E-state index contributed by atoms with van der Waals surface area (Å²) in [7, 11) is 0. The van der Waals surface area contributed by atoms with Crippen LogP contribution in [0.25, 0.3) is 0 Å². The molecule has 3 heteroatoms. The molecule has 1 heterocycles. The third-order valence-electron chi connectivity index (χ3n) is 3.72. The van der Waals surface area contributed by atoms with Gasteiger partial charge in [0.1, 0.15) is 5.75 Å². The van der Waals surface area contributed by atoms with Gasteiger partial charge in [-0.15, -0.1) is 0 Å². The van der Waals surface area contributed by atoms with E-state index in [9.17, 15) is 5.11 Å². The van der Waals surface area contributed by atoms with Gasteiger partial charge in [-0.3, -0.25) is 4.90 Å². The van der Waals surface area contributed by atoms with Crippen molar-refractivity contribution in [2.24, 2.45) is 0 Å². The molecule has 1 saturated heterocycles. The van der Waals surface area contributed by atoms with E-state index in [1.807, 2.05) is 0 Å². The Labute approximate surface area is 118 Å². The van der Waals surface area contributed by atoms with Crippen LogP contribution in [-0.2, 0) is 11.2 Å². The lowest BCUT2D eigenvalue weighted by molar-refractivity contribution is -0.0801. The molecule has 1 fully saturated rings. The van der Waals surface area contributed by atoms with Gasteiger partial charge in [0.2, 0.25) is 0 Å². The number of phenolic OH excluding ortho intramolecular Hbond substituents is 1. The summed E-state index contributed by atoms with van der Waals surface area (Å²) in [5, 5.41) is 9.76. The molecule has 3 rings (SSSR count). The van der Waals surface area contributed by atoms with Crippen molar-refractivity contribution >= 4 is 0 Å². The number of fused-ring (bicyclic) bond motifs is 3. The van der Waals surface area contributed by atoms with Crippen LogP contribution in [0, 0.1) is 0 Å². The van der Waals surface area contributed by atoms with Crippen molar-refractivity contribution in [2.75, 3.05) is 19.6 Å². The van der Waals surface area contributed by atoms with E-state index in [0.29, 0.717) is 12.8 Å².